The van der Waals surface area contributed by atoms with Crippen LogP contribution in [0.3, 0.4) is 0 Å². The summed E-state index contributed by atoms with van der Waals surface area (Å²) in [7, 11) is 0. The SMILES string of the molecule is NCCC1Cc2ccc(Br)cc2O1. The van der Waals surface area contributed by atoms with Crippen LogP contribution in [0.2, 0.25) is 0 Å². The Kier molecular flexibility index (Phi) is 2.56. The van der Waals surface area contributed by atoms with Crippen molar-refractivity contribution in [3.63, 3.8) is 0 Å². The zero-order valence-electron chi connectivity index (χ0n) is 7.29. The molecule has 1 aromatic carbocycles. The third-order valence-corrected chi connectivity index (χ3v) is 2.75. The highest BCUT2D eigenvalue weighted by Crippen LogP contribution is 2.32. The topological polar surface area (TPSA) is 35.2 Å². The van der Waals surface area contributed by atoms with Gasteiger partial charge in [-0.2, -0.15) is 0 Å². The van der Waals surface area contributed by atoms with Crippen LogP contribution in [-0.4, -0.2) is 12.6 Å². The van der Waals surface area contributed by atoms with Gasteiger partial charge in [0.15, 0.2) is 0 Å². The van der Waals surface area contributed by atoms with Gasteiger partial charge in [0.05, 0.1) is 0 Å². The maximum atomic E-state index is 5.72. The first-order valence-electron chi connectivity index (χ1n) is 4.45. The maximum Gasteiger partial charge on any atom is 0.124 e. The average molecular weight is 242 g/mol. The van der Waals surface area contributed by atoms with Crippen molar-refractivity contribution in [2.45, 2.75) is 18.9 Å². The molecule has 0 spiro atoms. The van der Waals surface area contributed by atoms with E-state index in [-0.39, 0.29) is 6.10 Å². The maximum absolute atomic E-state index is 5.72. The predicted octanol–water partition coefficient (Wildman–Crippen LogP) is 2.10. The zero-order valence-corrected chi connectivity index (χ0v) is 8.88. The molecule has 13 heavy (non-hydrogen) atoms. The Bertz CT molecular complexity index is 314. The summed E-state index contributed by atoms with van der Waals surface area (Å²) >= 11 is 3.42. The summed E-state index contributed by atoms with van der Waals surface area (Å²) in [5, 5.41) is 0. The van der Waals surface area contributed by atoms with Crippen LogP contribution in [0.1, 0.15) is 12.0 Å². The van der Waals surface area contributed by atoms with Crippen molar-refractivity contribution in [1.29, 1.82) is 0 Å². The molecule has 1 unspecified atom stereocenters. The first kappa shape index (κ1) is 9.03. The molecule has 0 saturated heterocycles. The van der Waals surface area contributed by atoms with Crippen LogP contribution >= 0.6 is 15.9 Å². The van der Waals surface area contributed by atoms with Crippen molar-refractivity contribution in [2.75, 3.05) is 6.54 Å². The van der Waals surface area contributed by atoms with Gasteiger partial charge in [0.2, 0.25) is 0 Å². The summed E-state index contributed by atoms with van der Waals surface area (Å²) in [6, 6.07) is 6.18. The van der Waals surface area contributed by atoms with Gasteiger partial charge < -0.3 is 10.5 Å². The Morgan fingerprint density at radius 2 is 2.38 bits per heavy atom. The molecular formula is C10H12BrNO. The van der Waals surface area contributed by atoms with Crippen LogP contribution in [0.5, 0.6) is 5.75 Å². The molecule has 0 bridgehead atoms. The number of rotatable bonds is 2. The van der Waals surface area contributed by atoms with Crippen molar-refractivity contribution in [1.82, 2.24) is 0 Å². The highest BCUT2D eigenvalue weighted by molar-refractivity contribution is 9.10. The second-order valence-corrected chi connectivity index (χ2v) is 4.19. The highest BCUT2D eigenvalue weighted by atomic mass is 79.9. The molecule has 0 saturated carbocycles. The van der Waals surface area contributed by atoms with E-state index < -0.39 is 0 Å². The molecule has 0 aliphatic carbocycles. The predicted molar refractivity (Wildman–Crippen MR) is 55.9 cm³/mol. The van der Waals surface area contributed by atoms with E-state index in [1.54, 1.807) is 0 Å². The molecule has 0 fully saturated rings. The van der Waals surface area contributed by atoms with E-state index in [1.807, 2.05) is 12.1 Å². The van der Waals surface area contributed by atoms with E-state index in [0.717, 1.165) is 23.1 Å². The summed E-state index contributed by atoms with van der Waals surface area (Å²) in [5.74, 6) is 1.01. The third kappa shape index (κ3) is 1.86. The Balaban J connectivity index is 2.16. The van der Waals surface area contributed by atoms with Gasteiger partial charge in [-0.05, 0) is 30.7 Å². The van der Waals surface area contributed by atoms with E-state index in [9.17, 15) is 0 Å². The molecule has 1 heterocycles. The number of benzene rings is 1. The second kappa shape index (κ2) is 3.68. The van der Waals surface area contributed by atoms with Crippen molar-refractivity contribution in [3.8, 4) is 5.75 Å². The van der Waals surface area contributed by atoms with E-state index in [1.165, 1.54) is 5.56 Å². The standard InChI is InChI=1S/C10H12BrNO/c11-8-2-1-7-5-9(3-4-12)13-10(7)6-8/h1-2,6,9H,3-5,12H2. The number of ether oxygens (including phenoxy) is 1. The normalized spacial score (nSPS) is 19.7. The van der Waals surface area contributed by atoms with Gasteiger partial charge in [-0.1, -0.05) is 22.0 Å². The smallest absolute Gasteiger partial charge is 0.124 e. The summed E-state index contributed by atoms with van der Waals surface area (Å²) in [6.45, 7) is 0.694. The van der Waals surface area contributed by atoms with Crippen molar-refractivity contribution in [3.05, 3.63) is 28.2 Å². The molecule has 0 aromatic heterocycles. The van der Waals surface area contributed by atoms with E-state index in [0.29, 0.717) is 6.54 Å². The third-order valence-electron chi connectivity index (χ3n) is 2.26. The molecular weight excluding hydrogens is 230 g/mol. The summed E-state index contributed by atoms with van der Waals surface area (Å²) in [6.07, 6.45) is 2.22. The minimum absolute atomic E-state index is 0.286. The molecule has 2 N–H and O–H groups in total. The monoisotopic (exact) mass is 241 g/mol. The Hall–Kier alpha value is -0.540. The second-order valence-electron chi connectivity index (χ2n) is 3.27. The minimum atomic E-state index is 0.286. The average Bonchev–Trinajstić information content (AvgIpc) is 2.46. The molecule has 0 radical (unpaired) electrons. The van der Waals surface area contributed by atoms with Gasteiger partial charge in [0.25, 0.3) is 0 Å². The lowest BCUT2D eigenvalue weighted by Gasteiger charge is -2.07. The van der Waals surface area contributed by atoms with Crippen LogP contribution in [0.15, 0.2) is 22.7 Å². The molecule has 3 heteroatoms. The van der Waals surface area contributed by atoms with E-state index in [2.05, 4.69) is 22.0 Å². The zero-order chi connectivity index (χ0) is 9.26. The first-order valence-corrected chi connectivity index (χ1v) is 5.24. The molecule has 1 aliphatic heterocycles. The van der Waals surface area contributed by atoms with Crippen molar-refractivity contribution >= 4 is 15.9 Å². The lowest BCUT2D eigenvalue weighted by molar-refractivity contribution is 0.224. The lowest BCUT2D eigenvalue weighted by atomic mass is 10.1. The molecule has 1 atom stereocenters. The van der Waals surface area contributed by atoms with Crippen molar-refractivity contribution < 1.29 is 4.74 Å². The number of halogens is 1. The van der Waals surface area contributed by atoms with Gasteiger partial charge in [-0.15, -0.1) is 0 Å². The Labute approximate surface area is 86.2 Å². The molecule has 1 aliphatic rings. The Morgan fingerprint density at radius 1 is 1.54 bits per heavy atom. The van der Waals surface area contributed by atoms with Gasteiger partial charge in [0, 0.05) is 10.9 Å². The fourth-order valence-corrected chi connectivity index (χ4v) is 1.96. The quantitative estimate of drug-likeness (QED) is 0.861. The van der Waals surface area contributed by atoms with Crippen LogP contribution in [0, 0.1) is 0 Å². The summed E-state index contributed by atoms with van der Waals surface area (Å²) in [4.78, 5) is 0. The Morgan fingerprint density at radius 3 is 3.15 bits per heavy atom. The number of hydrogen-bond acceptors (Lipinski definition) is 2. The summed E-state index contributed by atoms with van der Waals surface area (Å²) in [5.41, 5.74) is 6.78. The molecule has 1 aromatic rings. The van der Waals surface area contributed by atoms with Gasteiger partial charge in [-0.25, -0.2) is 0 Å². The minimum Gasteiger partial charge on any atom is -0.490 e. The molecule has 2 nitrogen and oxygen atoms in total. The molecule has 70 valence electrons. The van der Waals surface area contributed by atoms with Gasteiger partial charge in [-0.3, -0.25) is 0 Å². The summed E-state index contributed by atoms with van der Waals surface area (Å²) < 4.78 is 6.79. The van der Waals surface area contributed by atoms with Crippen LogP contribution in [0.25, 0.3) is 0 Å². The molecule has 0 amide bonds. The van der Waals surface area contributed by atoms with Crippen molar-refractivity contribution in [2.24, 2.45) is 5.73 Å². The molecule has 2 rings (SSSR count). The number of hydrogen-bond donors (Lipinski definition) is 1. The fourth-order valence-electron chi connectivity index (χ4n) is 1.62. The fraction of sp³-hybridized carbons (Fsp3) is 0.400. The van der Waals surface area contributed by atoms with Crippen LogP contribution in [0.4, 0.5) is 0 Å². The largest absolute Gasteiger partial charge is 0.490 e. The number of nitrogens with two attached hydrogens (primary N) is 1. The van der Waals surface area contributed by atoms with Gasteiger partial charge >= 0.3 is 0 Å². The van der Waals surface area contributed by atoms with E-state index in [4.69, 9.17) is 10.5 Å². The van der Waals surface area contributed by atoms with Crippen LogP contribution < -0.4 is 10.5 Å². The highest BCUT2D eigenvalue weighted by Gasteiger charge is 2.21. The van der Waals surface area contributed by atoms with Gasteiger partial charge in [0.1, 0.15) is 11.9 Å². The van der Waals surface area contributed by atoms with E-state index >= 15 is 0 Å². The first-order chi connectivity index (χ1) is 6.29. The lowest BCUT2D eigenvalue weighted by Crippen LogP contribution is -2.17. The number of fused-ring (bicyclic) bond motifs is 1. The van der Waals surface area contributed by atoms with Crippen LogP contribution in [-0.2, 0) is 6.42 Å².